The molecule has 1 fully saturated rings. The lowest BCUT2D eigenvalue weighted by Crippen LogP contribution is -2.25. The van der Waals surface area contributed by atoms with Crippen LogP contribution in [0.2, 0.25) is 0 Å². The van der Waals surface area contributed by atoms with Crippen LogP contribution in [0.1, 0.15) is 24.6 Å². The average molecular weight is 333 g/mol. The third kappa shape index (κ3) is 3.28. The smallest absolute Gasteiger partial charge is 0.137 e. The zero-order chi connectivity index (χ0) is 17.1. The van der Waals surface area contributed by atoms with Gasteiger partial charge >= 0.3 is 0 Å². The predicted octanol–water partition coefficient (Wildman–Crippen LogP) is 1.87. The summed E-state index contributed by atoms with van der Waals surface area (Å²) < 4.78 is 13.3. The van der Waals surface area contributed by atoms with E-state index < -0.39 is 6.10 Å². The normalized spacial score (nSPS) is 23.9. The molecule has 0 aliphatic carbocycles. The van der Waals surface area contributed by atoms with Gasteiger partial charge in [-0.2, -0.15) is 0 Å². The molecule has 0 saturated carbocycles. The number of aromatic nitrogens is 1. The molecule has 0 amide bonds. The number of nitrogens with one attached hydrogen (secondary N) is 1. The molecule has 6 nitrogen and oxygen atoms in total. The van der Waals surface area contributed by atoms with Crippen molar-refractivity contribution in [1.82, 2.24) is 4.57 Å². The molecule has 2 aromatic rings. The molecule has 1 aliphatic heterocycles. The number of hydrogen-bond acceptors (Lipinski definition) is 5. The van der Waals surface area contributed by atoms with E-state index in [2.05, 4.69) is 34.3 Å². The van der Waals surface area contributed by atoms with Gasteiger partial charge in [-0.05, 0) is 43.1 Å². The van der Waals surface area contributed by atoms with Gasteiger partial charge in [-0.25, -0.2) is 0 Å². The van der Waals surface area contributed by atoms with Gasteiger partial charge in [0, 0.05) is 37.8 Å². The lowest BCUT2D eigenvalue weighted by Gasteiger charge is -2.16. The molecule has 3 unspecified atom stereocenters. The van der Waals surface area contributed by atoms with Gasteiger partial charge in [-0.3, -0.25) is 0 Å². The first-order valence-corrected chi connectivity index (χ1v) is 8.51. The van der Waals surface area contributed by atoms with E-state index >= 15 is 0 Å². The summed E-state index contributed by atoms with van der Waals surface area (Å²) in [6.07, 6.45) is 3.65. The molecule has 6 heteroatoms. The van der Waals surface area contributed by atoms with Crippen molar-refractivity contribution in [3.05, 3.63) is 30.0 Å². The number of nitrogens with zero attached hydrogens (tertiary/aromatic N) is 1. The maximum atomic E-state index is 10.2. The lowest BCUT2D eigenvalue weighted by atomic mass is 10.1. The third-order valence-corrected chi connectivity index (χ3v) is 4.70. The molecule has 1 saturated heterocycles. The summed E-state index contributed by atoms with van der Waals surface area (Å²) in [5, 5.41) is 14.6. The molecule has 1 aromatic carbocycles. The number of ether oxygens (including phenoxy) is 2. The molecule has 1 aliphatic rings. The van der Waals surface area contributed by atoms with E-state index in [1.807, 2.05) is 7.05 Å². The standard InChI is InChI=1S/C18H27N3O3/c1-20-13-5-6-15-14(8-13)12(4-3-7-19)10-21(15)18-9-16(22)17(24-18)11-23-2/h5-6,8,10,16-18,20,22H,3-4,7,9,11,19H2,1-2H3. The van der Waals surface area contributed by atoms with Gasteiger partial charge in [-0.1, -0.05) is 0 Å². The van der Waals surface area contributed by atoms with Crippen molar-refractivity contribution in [2.75, 3.05) is 32.6 Å². The van der Waals surface area contributed by atoms with Crippen LogP contribution in [-0.2, 0) is 15.9 Å². The Morgan fingerprint density at radius 2 is 2.29 bits per heavy atom. The lowest BCUT2D eigenvalue weighted by molar-refractivity contribution is -0.0520. The molecule has 0 bridgehead atoms. The van der Waals surface area contributed by atoms with Gasteiger partial charge in [0.05, 0.1) is 18.2 Å². The largest absolute Gasteiger partial charge is 0.390 e. The monoisotopic (exact) mass is 333 g/mol. The Morgan fingerprint density at radius 3 is 3.00 bits per heavy atom. The van der Waals surface area contributed by atoms with Gasteiger partial charge in [0.1, 0.15) is 12.3 Å². The van der Waals surface area contributed by atoms with Crippen molar-refractivity contribution in [3.63, 3.8) is 0 Å². The SMILES string of the molecule is CNc1ccc2c(c1)c(CCCN)cn2C1CC(O)C(COC)O1. The maximum Gasteiger partial charge on any atom is 0.137 e. The molecule has 2 heterocycles. The van der Waals surface area contributed by atoms with Crippen molar-refractivity contribution >= 4 is 16.6 Å². The number of hydrogen-bond donors (Lipinski definition) is 3. The number of aryl methyl sites for hydroxylation is 1. The minimum Gasteiger partial charge on any atom is -0.390 e. The highest BCUT2D eigenvalue weighted by Crippen LogP contribution is 2.35. The van der Waals surface area contributed by atoms with E-state index in [9.17, 15) is 5.11 Å². The maximum absolute atomic E-state index is 10.2. The molecule has 0 spiro atoms. The van der Waals surface area contributed by atoms with Crippen LogP contribution in [0.25, 0.3) is 10.9 Å². The van der Waals surface area contributed by atoms with Gasteiger partial charge in [0.2, 0.25) is 0 Å². The summed E-state index contributed by atoms with van der Waals surface area (Å²) in [5.74, 6) is 0. The summed E-state index contributed by atoms with van der Waals surface area (Å²) in [7, 11) is 3.54. The zero-order valence-electron chi connectivity index (χ0n) is 14.4. The van der Waals surface area contributed by atoms with Gasteiger partial charge in [0.15, 0.2) is 0 Å². The molecule has 132 valence electrons. The number of aliphatic hydroxyl groups is 1. The quantitative estimate of drug-likeness (QED) is 0.721. The Kier molecular flexibility index (Phi) is 5.40. The molecule has 3 atom stereocenters. The van der Waals surface area contributed by atoms with E-state index in [4.69, 9.17) is 15.2 Å². The fourth-order valence-electron chi connectivity index (χ4n) is 3.41. The fraction of sp³-hybridized carbons (Fsp3) is 0.556. The molecular formula is C18H27N3O3. The fourth-order valence-corrected chi connectivity index (χ4v) is 3.41. The van der Waals surface area contributed by atoms with Crippen LogP contribution in [0.3, 0.4) is 0 Å². The first-order valence-electron chi connectivity index (χ1n) is 8.51. The first kappa shape index (κ1) is 17.2. The van der Waals surface area contributed by atoms with Crippen LogP contribution < -0.4 is 11.1 Å². The van der Waals surface area contributed by atoms with Crippen LogP contribution in [0.15, 0.2) is 24.4 Å². The molecule has 4 N–H and O–H groups in total. The first-order chi connectivity index (χ1) is 11.7. The van der Waals surface area contributed by atoms with Crippen LogP contribution in [0.5, 0.6) is 0 Å². The minimum atomic E-state index is -0.503. The second-order valence-electron chi connectivity index (χ2n) is 6.32. The highest BCUT2D eigenvalue weighted by molar-refractivity contribution is 5.87. The Balaban J connectivity index is 1.95. The zero-order valence-corrected chi connectivity index (χ0v) is 14.4. The number of rotatable bonds is 7. The predicted molar refractivity (Wildman–Crippen MR) is 95.3 cm³/mol. The Hall–Kier alpha value is -1.60. The minimum absolute atomic E-state index is 0.172. The van der Waals surface area contributed by atoms with Crippen molar-refractivity contribution in [2.45, 2.75) is 37.7 Å². The van der Waals surface area contributed by atoms with Crippen molar-refractivity contribution < 1.29 is 14.6 Å². The second-order valence-corrected chi connectivity index (χ2v) is 6.32. The molecule has 1 aromatic heterocycles. The Bertz CT molecular complexity index is 685. The van der Waals surface area contributed by atoms with Gasteiger partial charge in [-0.15, -0.1) is 0 Å². The topological polar surface area (TPSA) is 81.7 Å². The highest BCUT2D eigenvalue weighted by atomic mass is 16.6. The summed E-state index contributed by atoms with van der Waals surface area (Å²) >= 11 is 0. The third-order valence-electron chi connectivity index (χ3n) is 4.70. The van der Waals surface area contributed by atoms with Crippen LogP contribution in [-0.4, -0.2) is 49.2 Å². The average Bonchev–Trinajstić information content (AvgIpc) is 3.13. The van der Waals surface area contributed by atoms with Crippen molar-refractivity contribution in [1.29, 1.82) is 0 Å². The number of aliphatic hydroxyl groups excluding tert-OH is 1. The van der Waals surface area contributed by atoms with E-state index in [1.165, 1.54) is 10.9 Å². The summed E-state index contributed by atoms with van der Waals surface area (Å²) in [6, 6.07) is 6.33. The molecule has 3 rings (SSSR count). The number of benzene rings is 1. The highest BCUT2D eigenvalue weighted by Gasteiger charge is 2.35. The molecule has 24 heavy (non-hydrogen) atoms. The van der Waals surface area contributed by atoms with E-state index in [0.717, 1.165) is 24.0 Å². The Morgan fingerprint density at radius 1 is 1.46 bits per heavy atom. The van der Waals surface area contributed by atoms with Crippen molar-refractivity contribution in [3.8, 4) is 0 Å². The van der Waals surface area contributed by atoms with Crippen LogP contribution in [0.4, 0.5) is 5.69 Å². The van der Waals surface area contributed by atoms with E-state index in [1.54, 1.807) is 7.11 Å². The van der Waals surface area contributed by atoms with E-state index in [-0.39, 0.29) is 12.3 Å². The van der Waals surface area contributed by atoms with Crippen LogP contribution >= 0.6 is 0 Å². The summed E-state index contributed by atoms with van der Waals surface area (Å²) in [4.78, 5) is 0. The number of nitrogens with two attached hydrogens (primary N) is 1. The van der Waals surface area contributed by atoms with Gasteiger partial charge < -0.3 is 30.2 Å². The number of fused-ring (bicyclic) bond motifs is 1. The van der Waals surface area contributed by atoms with Gasteiger partial charge in [0.25, 0.3) is 0 Å². The second kappa shape index (κ2) is 7.53. The van der Waals surface area contributed by atoms with Crippen LogP contribution in [0, 0.1) is 0 Å². The Labute approximate surface area is 142 Å². The van der Waals surface area contributed by atoms with Crippen molar-refractivity contribution in [2.24, 2.45) is 5.73 Å². The number of anilines is 1. The summed E-state index contributed by atoms with van der Waals surface area (Å²) in [5.41, 5.74) is 9.15. The summed E-state index contributed by atoms with van der Waals surface area (Å²) in [6.45, 7) is 1.08. The molecule has 0 radical (unpaired) electrons. The van der Waals surface area contributed by atoms with E-state index in [0.29, 0.717) is 19.6 Å². The molecular weight excluding hydrogens is 306 g/mol. The number of methoxy groups -OCH3 is 1.